The highest BCUT2D eigenvalue weighted by molar-refractivity contribution is 7.98. The number of amides is 1. The molecule has 0 aliphatic heterocycles. The zero-order valence-electron chi connectivity index (χ0n) is 11.2. The van der Waals surface area contributed by atoms with Gasteiger partial charge in [-0.1, -0.05) is 0 Å². The predicted octanol–water partition coefficient (Wildman–Crippen LogP) is 2.02. The Balaban J connectivity index is 3.10. The molecule has 0 bridgehead atoms. The van der Waals surface area contributed by atoms with Gasteiger partial charge in [-0.3, -0.25) is 14.9 Å². The van der Waals surface area contributed by atoms with Crippen LogP contribution < -0.4 is 0 Å². The van der Waals surface area contributed by atoms with Crippen molar-refractivity contribution in [2.45, 2.75) is 11.3 Å². The average molecular weight is 320 g/mol. The minimum absolute atomic E-state index is 0.0615. The molecule has 0 fully saturated rings. The second-order valence-electron chi connectivity index (χ2n) is 4.01. The highest BCUT2D eigenvalue weighted by Gasteiger charge is 2.22. The summed E-state index contributed by atoms with van der Waals surface area (Å²) in [5.41, 5.74) is -0.317. The third kappa shape index (κ3) is 4.64. The van der Waals surface area contributed by atoms with Crippen LogP contribution in [0.15, 0.2) is 23.1 Å². The molecule has 21 heavy (non-hydrogen) atoms. The highest BCUT2D eigenvalue weighted by Crippen LogP contribution is 2.28. The van der Waals surface area contributed by atoms with Crippen LogP contribution in [0.1, 0.15) is 10.4 Å². The Labute approximate surface area is 123 Å². The van der Waals surface area contributed by atoms with E-state index in [1.807, 2.05) is 0 Å². The van der Waals surface area contributed by atoms with Crippen LogP contribution in [0, 0.1) is 10.1 Å². The summed E-state index contributed by atoms with van der Waals surface area (Å²) in [7, 11) is 0. The Kier molecular flexibility index (Phi) is 6.50. The molecule has 0 unspecified atom stereocenters. The van der Waals surface area contributed by atoms with E-state index >= 15 is 0 Å². The van der Waals surface area contributed by atoms with Gasteiger partial charge < -0.3 is 10.0 Å². The number of hydrogen-bond donors (Lipinski definition) is 1. The first-order valence-electron chi connectivity index (χ1n) is 5.91. The molecular weight excluding hydrogens is 306 g/mol. The number of rotatable bonds is 7. The Morgan fingerprint density at radius 1 is 1.52 bits per heavy atom. The number of aliphatic hydroxyl groups is 1. The Morgan fingerprint density at radius 2 is 2.19 bits per heavy atom. The number of carbonyl (C=O) groups is 1. The lowest BCUT2D eigenvalue weighted by atomic mass is 10.1. The Bertz CT molecular complexity index is 528. The van der Waals surface area contributed by atoms with Gasteiger partial charge in [0, 0.05) is 18.2 Å². The van der Waals surface area contributed by atoms with Crippen molar-refractivity contribution >= 4 is 23.4 Å². The third-order valence-corrected chi connectivity index (χ3v) is 3.42. The topological polar surface area (TPSA) is 83.7 Å². The first-order chi connectivity index (χ1) is 9.90. The number of carbonyl (C=O) groups excluding carboxylic acids is 1. The zero-order chi connectivity index (χ0) is 16.0. The maximum Gasteiger partial charge on any atom is 0.283 e. The first kappa shape index (κ1) is 17.3. The number of aliphatic hydroxyl groups excluding tert-OH is 1. The second kappa shape index (κ2) is 7.89. The summed E-state index contributed by atoms with van der Waals surface area (Å²) in [4.78, 5) is 23.5. The lowest BCUT2D eigenvalue weighted by molar-refractivity contribution is -0.387. The SMILES string of the molecule is CSc1ccc(C(=O)N(CCO)CC(F)F)cc1[N+](=O)[O-]. The van der Waals surface area contributed by atoms with Crippen molar-refractivity contribution in [1.29, 1.82) is 0 Å². The molecule has 0 saturated carbocycles. The van der Waals surface area contributed by atoms with E-state index in [1.165, 1.54) is 12.1 Å². The number of nitrogens with zero attached hydrogens (tertiary/aromatic N) is 2. The van der Waals surface area contributed by atoms with Gasteiger partial charge in [-0.2, -0.15) is 0 Å². The van der Waals surface area contributed by atoms with Gasteiger partial charge in [0.1, 0.15) is 0 Å². The summed E-state index contributed by atoms with van der Waals surface area (Å²) < 4.78 is 24.8. The molecule has 0 heterocycles. The van der Waals surface area contributed by atoms with Crippen molar-refractivity contribution in [3.63, 3.8) is 0 Å². The van der Waals surface area contributed by atoms with Crippen molar-refractivity contribution < 1.29 is 23.6 Å². The van der Waals surface area contributed by atoms with Gasteiger partial charge in [0.25, 0.3) is 18.0 Å². The van der Waals surface area contributed by atoms with Gasteiger partial charge in [0.05, 0.1) is 23.0 Å². The molecular formula is C12H14F2N2O4S. The molecule has 0 aliphatic carbocycles. The van der Waals surface area contributed by atoms with E-state index in [-0.39, 0.29) is 17.8 Å². The van der Waals surface area contributed by atoms with Crippen molar-refractivity contribution in [2.24, 2.45) is 0 Å². The van der Waals surface area contributed by atoms with Crippen LogP contribution in [0.2, 0.25) is 0 Å². The van der Waals surface area contributed by atoms with Crippen molar-refractivity contribution in [3.05, 3.63) is 33.9 Å². The number of thioether (sulfide) groups is 1. The standard InChI is InChI=1S/C12H14F2N2O4S/c1-21-10-3-2-8(6-9(10)16(19)20)12(18)15(4-5-17)7-11(13)14/h2-3,6,11,17H,4-5,7H2,1H3. The van der Waals surface area contributed by atoms with Gasteiger partial charge in [0.15, 0.2) is 0 Å². The fraction of sp³-hybridized carbons (Fsp3) is 0.417. The fourth-order valence-corrected chi connectivity index (χ4v) is 2.26. The molecule has 0 atom stereocenters. The molecule has 9 heteroatoms. The van der Waals surface area contributed by atoms with Crippen LogP contribution in [-0.2, 0) is 0 Å². The quantitative estimate of drug-likeness (QED) is 0.472. The number of hydrogen-bond acceptors (Lipinski definition) is 5. The largest absolute Gasteiger partial charge is 0.395 e. The van der Waals surface area contributed by atoms with Crippen LogP contribution in [0.3, 0.4) is 0 Å². The molecule has 0 saturated heterocycles. The Morgan fingerprint density at radius 3 is 2.67 bits per heavy atom. The molecule has 0 radical (unpaired) electrons. The molecule has 1 rings (SSSR count). The number of benzene rings is 1. The number of halogens is 2. The van der Waals surface area contributed by atoms with E-state index in [2.05, 4.69) is 0 Å². The van der Waals surface area contributed by atoms with Gasteiger partial charge in [-0.25, -0.2) is 8.78 Å². The van der Waals surface area contributed by atoms with Crippen molar-refractivity contribution in [3.8, 4) is 0 Å². The van der Waals surface area contributed by atoms with Crippen molar-refractivity contribution in [2.75, 3.05) is 26.0 Å². The van der Waals surface area contributed by atoms with Crippen LogP contribution in [-0.4, -0.2) is 53.2 Å². The fourth-order valence-electron chi connectivity index (χ4n) is 1.71. The molecule has 0 aromatic heterocycles. The second-order valence-corrected chi connectivity index (χ2v) is 4.86. The smallest absolute Gasteiger partial charge is 0.283 e. The third-order valence-electron chi connectivity index (χ3n) is 2.64. The summed E-state index contributed by atoms with van der Waals surface area (Å²) in [5, 5.41) is 19.8. The van der Waals surface area contributed by atoms with Gasteiger partial charge in [-0.05, 0) is 18.4 Å². The summed E-state index contributed by atoms with van der Waals surface area (Å²) in [6.07, 6.45) is -1.10. The molecule has 1 aromatic rings. The summed E-state index contributed by atoms with van der Waals surface area (Å²) in [6, 6.07) is 3.80. The van der Waals surface area contributed by atoms with E-state index < -0.39 is 30.4 Å². The monoisotopic (exact) mass is 320 g/mol. The van der Waals surface area contributed by atoms with Crippen LogP contribution in [0.25, 0.3) is 0 Å². The number of nitro groups is 1. The van der Waals surface area contributed by atoms with E-state index in [9.17, 15) is 23.7 Å². The normalized spacial score (nSPS) is 10.7. The summed E-state index contributed by atoms with van der Waals surface area (Å²) >= 11 is 1.15. The minimum Gasteiger partial charge on any atom is -0.395 e. The van der Waals surface area contributed by atoms with E-state index in [0.717, 1.165) is 22.7 Å². The zero-order valence-corrected chi connectivity index (χ0v) is 12.0. The summed E-state index contributed by atoms with van der Waals surface area (Å²) in [6.45, 7) is -1.57. The van der Waals surface area contributed by atoms with E-state index in [4.69, 9.17) is 5.11 Å². The maximum absolute atomic E-state index is 12.4. The van der Waals surface area contributed by atoms with Gasteiger partial charge in [0.2, 0.25) is 0 Å². The number of alkyl halides is 2. The maximum atomic E-state index is 12.4. The molecule has 1 N–H and O–H groups in total. The van der Waals surface area contributed by atoms with E-state index in [0.29, 0.717) is 4.90 Å². The van der Waals surface area contributed by atoms with Crippen molar-refractivity contribution in [1.82, 2.24) is 4.90 Å². The van der Waals surface area contributed by atoms with Crippen LogP contribution >= 0.6 is 11.8 Å². The van der Waals surface area contributed by atoms with Crippen LogP contribution in [0.4, 0.5) is 14.5 Å². The first-order valence-corrected chi connectivity index (χ1v) is 7.14. The van der Waals surface area contributed by atoms with Gasteiger partial charge >= 0.3 is 0 Å². The molecule has 6 nitrogen and oxygen atoms in total. The average Bonchev–Trinajstić information content (AvgIpc) is 2.44. The molecule has 0 spiro atoms. The highest BCUT2D eigenvalue weighted by atomic mass is 32.2. The van der Waals surface area contributed by atoms with E-state index in [1.54, 1.807) is 6.26 Å². The lowest BCUT2D eigenvalue weighted by Gasteiger charge is -2.21. The predicted molar refractivity (Wildman–Crippen MR) is 73.9 cm³/mol. The summed E-state index contributed by atoms with van der Waals surface area (Å²) in [5.74, 6) is -0.778. The molecule has 0 aliphatic rings. The van der Waals surface area contributed by atoms with Crippen LogP contribution in [0.5, 0.6) is 0 Å². The van der Waals surface area contributed by atoms with Gasteiger partial charge in [-0.15, -0.1) is 11.8 Å². The minimum atomic E-state index is -2.75. The molecule has 1 aromatic carbocycles. The molecule has 116 valence electrons. The molecule has 1 amide bonds. The number of nitro benzene ring substituents is 1. The lowest BCUT2D eigenvalue weighted by Crippen LogP contribution is -2.37. The Hall–Kier alpha value is -1.74.